The Morgan fingerprint density at radius 1 is 0.630 bits per heavy atom. The quantitative estimate of drug-likeness (QED) is 0.443. The first-order valence-electron chi connectivity index (χ1n) is 10.5. The lowest BCUT2D eigenvalue weighted by atomic mass is 10.1. The van der Waals surface area contributed by atoms with Gasteiger partial charge in [-0.15, -0.1) is 0 Å². The zero-order valence-corrected chi connectivity index (χ0v) is 17.5. The summed E-state index contributed by atoms with van der Waals surface area (Å²) >= 11 is 0. The maximum Gasteiger partial charge on any atom is 0.115 e. The molecule has 0 amide bonds. The molecule has 0 fully saturated rings. The zero-order chi connectivity index (χ0) is 20.2. The van der Waals surface area contributed by atoms with Gasteiger partial charge in [0.05, 0.1) is 0 Å². The Morgan fingerprint density at radius 2 is 1.19 bits per heavy atom. The van der Waals surface area contributed by atoms with Crippen LogP contribution in [0.25, 0.3) is 0 Å². The highest BCUT2D eigenvalue weighted by Gasteiger charge is 1.93. The van der Waals surface area contributed by atoms with E-state index in [0.717, 1.165) is 6.42 Å². The summed E-state index contributed by atoms with van der Waals surface area (Å²) in [5, 5.41) is 17.7. The third-order valence-corrected chi connectivity index (χ3v) is 4.00. The van der Waals surface area contributed by atoms with Gasteiger partial charge < -0.3 is 10.2 Å². The fourth-order valence-corrected chi connectivity index (χ4v) is 2.40. The third kappa shape index (κ3) is 17.2. The van der Waals surface area contributed by atoms with Gasteiger partial charge in [0, 0.05) is 0 Å². The van der Waals surface area contributed by atoms with E-state index in [9.17, 15) is 0 Å². The fourth-order valence-electron chi connectivity index (χ4n) is 2.40. The third-order valence-electron chi connectivity index (χ3n) is 4.00. The van der Waals surface area contributed by atoms with Gasteiger partial charge in [0.1, 0.15) is 11.5 Å². The van der Waals surface area contributed by atoms with Crippen molar-refractivity contribution in [2.45, 2.75) is 78.6 Å². The first-order chi connectivity index (χ1) is 13.1. The van der Waals surface area contributed by atoms with E-state index < -0.39 is 0 Å². The topological polar surface area (TPSA) is 40.5 Å². The molecule has 0 aliphatic carbocycles. The van der Waals surface area contributed by atoms with Crippen molar-refractivity contribution >= 4 is 0 Å². The predicted molar refractivity (Wildman–Crippen MR) is 118 cm³/mol. The highest BCUT2D eigenvalue weighted by molar-refractivity contribution is 5.25. The minimum absolute atomic E-state index is 0.322. The van der Waals surface area contributed by atoms with Crippen LogP contribution in [0.5, 0.6) is 11.5 Å². The zero-order valence-electron chi connectivity index (χ0n) is 17.5. The number of benzene rings is 2. The molecule has 1 radical (unpaired) electrons. The SMILES string of the molecule is CCCCCCc1ccc(O)cc1.CCC[CH]CCC.Oc1ccccc1. The van der Waals surface area contributed by atoms with E-state index in [1.165, 1.54) is 56.9 Å². The summed E-state index contributed by atoms with van der Waals surface area (Å²) in [6, 6.07) is 16.2. The maximum absolute atomic E-state index is 9.07. The number of unbranched alkanes of at least 4 members (excludes halogenated alkanes) is 7. The minimum Gasteiger partial charge on any atom is -0.508 e. The number of phenolic OH excluding ortho intramolecular Hbond substituents is 2. The van der Waals surface area contributed by atoms with E-state index >= 15 is 0 Å². The van der Waals surface area contributed by atoms with Gasteiger partial charge in [-0.25, -0.2) is 0 Å². The molecule has 0 saturated carbocycles. The van der Waals surface area contributed by atoms with Crippen molar-refractivity contribution < 1.29 is 10.2 Å². The number of phenols is 2. The van der Waals surface area contributed by atoms with Crippen LogP contribution in [0.4, 0.5) is 0 Å². The summed E-state index contributed by atoms with van der Waals surface area (Å²) in [6.45, 7) is 6.65. The van der Waals surface area contributed by atoms with E-state index in [0.29, 0.717) is 11.5 Å². The van der Waals surface area contributed by atoms with Crippen molar-refractivity contribution in [3.63, 3.8) is 0 Å². The van der Waals surface area contributed by atoms with Crippen LogP contribution in [0.15, 0.2) is 54.6 Å². The normalized spacial score (nSPS) is 9.59. The standard InChI is InChI=1S/C12H18O.C7H15.C6H6O/c1-2-3-4-5-6-11-7-9-12(13)10-8-11;1-3-5-7-6-4-2;7-6-4-2-1-3-5-6/h7-10,13H,2-6H2,1H3;7H,3-6H2,1-2H3;1-5,7H. The van der Waals surface area contributed by atoms with Crippen molar-refractivity contribution in [2.24, 2.45) is 0 Å². The number of aromatic hydroxyl groups is 2. The maximum atomic E-state index is 9.07. The van der Waals surface area contributed by atoms with Crippen LogP contribution in [0.2, 0.25) is 0 Å². The van der Waals surface area contributed by atoms with Gasteiger partial charge in [0.15, 0.2) is 0 Å². The highest BCUT2D eigenvalue weighted by Crippen LogP contribution is 2.12. The summed E-state index contributed by atoms with van der Waals surface area (Å²) in [7, 11) is 0. The van der Waals surface area contributed by atoms with Crippen LogP contribution in [0.1, 0.15) is 77.7 Å². The molecule has 2 heteroatoms. The Morgan fingerprint density at radius 3 is 1.63 bits per heavy atom. The average Bonchev–Trinajstić information content (AvgIpc) is 2.69. The van der Waals surface area contributed by atoms with Crippen LogP contribution >= 0.6 is 0 Å². The van der Waals surface area contributed by atoms with E-state index in [1.807, 2.05) is 18.2 Å². The fraction of sp³-hybridized carbons (Fsp3) is 0.480. The summed E-state index contributed by atoms with van der Waals surface area (Å²) < 4.78 is 0. The molecule has 0 aromatic heterocycles. The molecular formula is C25H39O2. The molecule has 2 nitrogen and oxygen atoms in total. The molecule has 0 spiro atoms. The summed E-state index contributed by atoms with van der Waals surface area (Å²) in [5.74, 6) is 0.680. The number of rotatable bonds is 9. The lowest BCUT2D eigenvalue weighted by molar-refractivity contribution is 0.474. The molecule has 2 aromatic carbocycles. The number of aryl methyl sites for hydroxylation is 1. The molecule has 0 bridgehead atoms. The van der Waals surface area contributed by atoms with Gasteiger partial charge in [-0.3, -0.25) is 0 Å². The van der Waals surface area contributed by atoms with E-state index in [4.69, 9.17) is 10.2 Å². The van der Waals surface area contributed by atoms with Crippen LogP contribution < -0.4 is 0 Å². The number of hydrogen-bond donors (Lipinski definition) is 2. The first kappa shape index (κ1) is 25.0. The van der Waals surface area contributed by atoms with Gasteiger partial charge in [-0.1, -0.05) is 96.0 Å². The van der Waals surface area contributed by atoms with Gasteiger partial charge in [-0.05, 0) is 49.1 Å². The van der Waals surface area contributed by atoms with Gasteiger partial charge in [0.2, 0.25) is 0 Å². The summed E-state index contributed by atoms with van der Waals surface area (Å²) in [5.41, 5.74) is 1.33. The molecular weight excluding hydrogens is 332 g/mol. The Labute approximate surface area is 167 Å². The molecule has 27 heavy (non-hydrogen) atoms. The molecule has 0 saturated heterocycles. The Bertz CT molecular complexity index is 516. The molecule has 2 rings (SSSR count). The second kappa shape index (κ2) is 18.8. The summed E-state index contributed by atoms with van der Waals surface area (Å²) in [6.07, 6.45) is 13.9. The van der Waals surface area contributed by atoms with Crippen LogP contribution in [-0.4, -0.2) is 10.2 Å². The average molecular weight is 372 g/mol. The van der Waals surface area contributed by atoms with Crippen molar-refractivity contribution in [3.8, 4) is 11.5 Å². The highest BCUT2D eigenvalue weighted by atomic mass is 16.3. The van der Waals surface area contributed by atoms with E-state index in [-0.39, 0.29) is 0 Å². The molecule has 0 aliphatic heterocycles. The second-order valence-electron chi connectivity index (χ2n) is 6.68. The van der Waals surface area contributed by atoms with Crippen LogP contribution in [-0.2, 0) is 6.42 Å². The molecule has 2 N–H and O–H groups in total. The Kier molecular flexibility index (Phi) is 17.5. The number of hydrogen-bond acceptors (Lipinski definition) is 2. The van der Waals surface area contributed by atoms with Crippen molar-refractivity contribution in [1.82, 2.24) is 0 Å². The van der Waals surface area contributed by atoms with Crippen LogP contribution in [0.3, 0.4) is 0 Å². The monoisotopic (exact) mass is 371 g/mol. The van der Waals surface area contributed by atoms with Gasteiger partial charge >= 0.3 is 0 Å². The molecule has 0 unspecified atom stereocenters. The lowest BCUT2D eigenvalue weighted by Crippen LogP contribution is -1.84. The lowest BCUT2D eigenvalue weighted by Gasteiger charge is -2.00. The Hall–Kier alpha value is -1.96. The van der Waals surface area contributed by atoms with Crippen molar-refractivity contribution in [2.75, 3.05) is 0 Å². The first-order valence-corrected chi connectivity index (χ1v) is 10.5. The van der Waals surface area contributed by atoms with Gasteiger partial charge in [-0.2, -0.15) is 0 Å². The predicted octanol–water partition coefficient (Wildman–Crippen LogP) is 7.70. The molecule has 151 valence electrons. The van der Waals surface area contributed by atoms with E-state index in [1.54, 1.807) is 36.4 Å². The van der Waals surface area contributed by atoms with Crippen LogP contribution in [0, 0.1) is 6.42 Å². The molecule has 0 aliphatic rings. The van der Waals surface area contributed by atoms with Crippen molar-refractivity contribution in [1.29, 1.82) is 0 Å². The largest absolute Gasteiger partial charge is 0.508 e. The smallest absolute Gasteiger partial charge is 0.115 e. The summed E-state index contributed by atoms with van der Waals surface area (Å²) in [4.78, 5) is 0. The molecule has 0 atom stereocenters. The minimum atomic E-state index is 0.322. The Balaban J connectivity index is 0.000000410. The van der Waals surface area contributed by atoms with E-state index in [2.05, 4.69) is 27.2 Å². The molecule has 2 aromatic rings. The van der Waals surface area contributed by atoms with Crippen molar-refractivity contribution in [3.05, 3.63) is 66.6 Å². The molecule has 0 heterocycles. The second-order valence-corrected chi connectivity index (χ2v) is 6.68. The van der Waals surface area contributed by atoms with Gasteiger partial charge in [0.25, 0.3) is 0 Å². The number of para-hydroxylation sites is 1.